The summed E-state index contributed by atoms with van der Waals surface area (Å²) in [5.41, 5.74) is 5.43. The molecule has 0 spiro atoms. The molecule has 1 saturated heterocycles. The zero-order chi connectivity index (χ0) is 22.1. The molecule has 1 heterocycles. The largest absolute Gasteiger partial charge is 0.507 e. The fourth-order valence-electron chi connectivity index (χ4n) is 3.79. The molecule has 1 aliphatic rings. The molecule has 2 aromatic rings. The van der Waals surface area contributed by atoms with Gasteiger partial charge in [0, 0.05) is 63.1 Å². The number of amides is 1. The Morgan fingerprint density at radius 1 is 1.06 bits per heavy atom. The van der Waals surface area contributed by atoms with E-state index in [9.17, 15) is 9.90 Å². The fourth-order valence-corrected chi connectivity index (χ4v) is 3.79. The monoisotopic (exact) mass is 423 g/mol. The van der Waals surface area contributed by atoms with E-state index in [1.807, 2.05) is 18.2 Å². The Kier molecular flexibility index (Phi) is 8.44. The second-order valence-corrected chi connectivity index (χ2v) is 7.75. The Hall–Kier alpha value is -2.90. The van der Waals surface area contributed by atoms with E-state index in [-0.39, 0.29) is 11.7 Å². The predicted molar refractivity (Wildman–Crippen MR) is 126 cm³/mol. The molecule has 7 heteroatoms. The maximum Gasteiger partial charge on any atom is 0.254 e. The first kappa shape index (κ1) is 22.8. The average Bonchev–Trinajstić information content (AvgIpc) is 2.78. The summed E-state index contributed by atoms with van der Waals surface area (Å²) < 4.78 is 0. The molecule has 0 radical (unpaired) electrons. The van der Waals surface area contributed by atoms with Crippen LogP contribution in [0.5, 0.6) is 5.75 Å². The molecule has 0 atom stereocenters. The van der Waals surface area contributed by atoms with Crippen LogP contribution < -0.4 is 10.3 Å². The molecule has 1 amide bonds. The average molecular weight is 424 g/mol. The first-order chi connectivity index (χ1) is 15.1. The van der Waals surface area contributed by atoms with Gasteiger partial charge in [0.15, 0.2) is 0 Å². The van der Waals surface area contributed by atoms with Gasteiger partial charge in [0.05, 0.1) is 12.8 Å². The minimum Gasteiger partial charge on any atom is -0.507 e. The summed E-state index contributed by atoms with van der Waals surface area (Å²) in [7, 11) is 0. The number of benzene rings is 2. The maximum atomic E-state index is 12.2. The van der Waals surface area contributed by atoms with Crippen LogP contribution in [0, 0.1) is 0 Å². The quantitative estimate of drug-likeness (QED) is 0.479. The lowest BCUT2D eigenvalue weighted by molar-refractivity contribution is -0.122. The van der Waals surface area contributed by atoms with Crippen LogP contribution in [0.2, 0.25) is 0 Å². The summed E-state index contributed by atoms with van der Waals surface area (Å²) in [6.07, 6.45) is 1.48. The molecule has 31 heavy (non-hydrogen) atoms. The third kappa shape index (κ3) is 6.80. The van der Waals surface area contributed by atoms with Crippen molar-refractivity contribution >= 4 is 17.8 Å². The van der Waals surface area contributed by atoms with Gasteiger partial charge in [-0.1, -0.05) is 30.3 Å². The van der Waals surface area contributed by atoms with Crippen molar-refractivity contribution in [3.05, 3.63) is 59.7 Å². The lowest BCUT2D eigenvalue weighted by Gasteiger charge is -2.34. The van der Waals surface area contributed by atoms with Crippen LogP contribution in [-0.2, 0) is 11.3 Å². The standard InChI is InChI=1S/C24H33N5O2/c1-3-29(4-2)22-11-10-21(23(30)16-22)17-25-26-24(31)19-28-14-12-27(13-15-28)18-20-8-6-5-7-9-20/h5-11,16-17,30H,3-4,12-15,18-19H2,1-2H3,(H,26,31)/b25-17+. The van der Waals surface area contributed by atoms with Crippen LogP contribution in [0.4, 0.5) is 5.69 Å². The number of nitrogens with zero attached hydrogens (tertiary/aromatic N) is 4. The van der Waals surface area contributed by atoms with Crippen molar-refractivity contribution in [2.75, 3.05) is 50.7 Å². The number of aromatic hydroxyl groups is 1. The number of hydrazone groups is 1. The van der Waals surface area contributed by atoms with Crippen LogP contribution in [0.1, 0.15) is 25.0 Å². The molecule has 0 bridgehead atoms. The van der Waals surface area contributed by atoms with Gasteiger partial charge in [-0.25, -0.2) is 5.43 Å². The Bertz CT molecular complexity index is 860. The van der Waals surface area contributed by atoms with Crippen molar-refractivity contribution in [3.63, 3.8) is 0 Å². The number of phenols is 1. The van der Waals surface area contributed by atoms with E-state index in [0.717, 1.165) is 51.5 Å². The minimum atomic E-state index is -0.146. The van der Waals surface area contributed by atoms with Gasteiger partial charge in [-0.05, 0) is 31.5 Å². The molecule has 1 aliphatic heterocycles. The van der Waals surface area contributed by atoms with Gasteiger partial charge < -0.3 is 10.0 Å². The molecule has 2 aromatic carbocycles. The van der Waals surface area contributed by atoms with E-state index in [1.165, 1.54) is 11.8 Å². The predicted octanol–water partition coefficient (Wildman–Crippen LogP) is 2.51. The number of rotatable bonds is 9. The van der Waals surface area contributed by atoms with Crippen LogP contribution in [-0.4, -0.2) is 72.8 Å². The van der Waals surface area contributed by atoms with Crippen molar-refractivity contribution in [1.29, 1.82) is 0 Å². The van der Waals surface area contributed by atoms with Crippen molar-refractivity contribution in [1.82, 2.24) is 15.2 Å². The molecular weight excluding hydrogens is 390 g/mol. The van der Waals surface area contributed by atoms with Crippen LogP contribution in [0.15, 0.2) is 53.6 Å². The van der Waals surface area contributed by atoms with Crippen molar-refractivity contribution < 1.29 is 9.90 Å². The molecular formula is C24H33N5O2. The van der Waals surface area contributed by atoms with Crippen molar-refractivity contribution in [3.8, 4) is 5.75 Å². The zero-order valence-corrected chi connectivity index (χ0v) is 18.5. The molecule has 1 fully saturated rings. The highest BCUT2D eigenvalue weighted by molar-refractivity contribution is 5.86. The highest BCUT2D eigenvalue weighted by atomic mass is 16.3. The Morgan fingerprint density at radius 2 is 1.74 bits per heavy atom. The normalized spacial score (nSPS) is 15.3. The zero-order valence-electron chi connectivity index (χ0n) is 18.5. The van der Waals surface area contributed by atoms with Gasteiger partial charge in [0.2, 0.25) is 0 Å². The lowest BCUT2D eigenvalue weighted by atomic mass is 10.2. The highest BCUT2D eigenvalue weighted by Crippen LogP contribution is 2.23. The Balaban J connectivity index is 1.42. The van der Waals surface area contributed by atoms with E-state index in [4.69, 9.17) is 0 Å². The number of nitrogens with one attached hydrogen (secondary N) is 1. The Morgan fingerprint density at radius 3 is 2.39 bits per heavy atom. The van der Waals surface area contributed by atoms with Gasteiger partial charge in [-0.3, -0.25) is 14.6 Å². The minimum absolute atomic E-state index is 0.146. The molecule has 3 rings (SSSR count). The molecule has 166 valence electrons. The summed E-state index contributed by atoms with van der Waals surface area (Å²) >= 11 is 0. The second-order valence-electron chi connectivity index (χ2n) is 7.75. The number of carbonyl (C=O) groups excluding carboxylic acids is 1. The molecule has 0 saturated carbocycles. The van der Waals surface area contributed by atoms with Gasteiger partial charge in [0.1, 0.15) is 5.75 Å². The molecule has 2 N–H and O–H groups in total. The van der Waals surface area contributed by atoms with Crippen molar-refractivity contribution in [2.45, 2.75) is 20.4 Å². The van der Waals surface area contributed by atoms with Gasteiger partial charge in [-0.15, -0.1) is 0 Å². The van der Waals surface area contributed by atoms with E-state index in [1.54, 1.807) is 6.07 Å². The number of piperazine rings is 1. The number of hydrogen-bond acceptors (Lipinski definition) is 6. The lowest BCUT2D eigenvalue weighted by Crippen LogP contribution is -2.48. The maximum absolute atomic E-state index is 12.2. The molecule has 0 aromatic heterocycles. The number of carbonyl (C=O) groups is 1. The Labute approximate surface area is 185 Å². The van der Waals surface area contributed by atoms with E-state index < -0.39 is 0 Å². The number of anilines is 1. The van der Waals surface area contributed by atoms with E-state index in [0.29, 0.717) is 12.1 Å². The highest BCUT2D eigenvalue weighted by Gasteiger charge is 2.18. The summed E-state index contributed by atoms with van der Waals surface area (Å²) in [5, 5.41) is 14.3. The van der Waals surface area contributed by atoms with Gasteiger partial charge in [-0.2, -0.15) is 5.10 Å². The summed E-state index contributed by atoms with van der Waals surface area (Å²) in [5.74, 6) is 0.00366. The van der Waals surface area contributed by atoms with E-state index >= 15 is 0 Å². The van der Waals surface area contributed by atoms with Crippen LogP contribution >= 0.6 is 0 Å². The topological polar surface area (TPSA) is 71.4 Å². The first-order valence-corrected chi connectivity index (χ1v) is 11.0. The molecule has 0 unspecified atom stereocenters. The second kappa shape index (κ2) is 11.5. The molecule has 0 aliphatic carbocycles. The summed E-state index contributed by atoms with van der Waals surface area (Å²) in [4.78, 5) is 18.9. The third-order valence-corrected chi connectivity index (χ3v) is 5.62. The molecule has 7 nitrogen and oxygen atoms in total. The number of phenolic OH excluding ortho intramolecular Hbond substituents is 1. The SMILES string of the molecule is CCN(CC)c1ccc(/C=N/NC(=O)CN2CCN(Cc3ccccc3)CC2)c(O)c1. The first-order valence-electron chi connectivity index (χ1n) is 11.0. The van der Waals surface area contributed by atoms with E-state index in [2.05, 4.69) is 63.3 Å². The van der Waals surface area contributed by atoms with Crippen LogP contribution in [0.3, 0.4) is 0 Å². The van der Waals surface area contributed by atoms with Gasteiger partial charge >= 0.3 is 0 Å². The third-order valence-electron chi connectivity index (χ3n) is 5.62. The van der Waals surface area contributed by atoms with Crippen molar-refractivity contribution in [2.24, 2.45) is 5.10 Å². The number of hydrogen-bond donors (Lipinski definition) is 2. The van der Waals surface area contributed by atoms with Crippen LogP contribution in [0.25, 0.3) is 0 Å². The smallest absolute Gasteiger partial charge is 0.254 e. The fraction of sp³-hybridized carbons (Fsp3) is 0.417. The summed E-state index contributed by atoms with van der Waals surface area (Å²) in [6, 6.07) is 15.9. The summed E-state index contributed by atoms with van der Waals surface area (Å²) in [6.45, 7) is 10.8. The van der Waals surface area contributed by atoms with Gasteiger partial charge in [0.25, 0.3) is 5.91 Å².